The van der Waals surface area contributed by atoms with Gasteiger partial charge in [-0.2, -0.15) is 0 Å². The average molecular weight is 715 g/mol. The lowest BCUT2D eigenvalue weighted by Crippen LogP contribution is -2.35. The summed E-state index contributed by atoms with van der Waals surface area (Å²) in [5, 5.41) is 16.3. The van der Waals surface area contributed by atoms with E-state index in [1.165, 1.54) is 70.5 Å². The molecule has 1 N–H and O–H groups in total. The molecule has 1 aliphatic heterocycles. The minimum atomic E-state index is -0.0797. The van der Waals surface area contributed by atoms with Crippen LogP contribution < -0.4 is 5.32 Å². The summed E-state index contributed by atoms with van der Waals surface area (Å²) in [5.74, 6) is 0.805. The van der Waals surface area contributed by atoms with Crippen LogP contribution in [0.5, 0.6) is 0 Å². The second kappa shape index (κ2) is 12.0. The van der Waals surface area contributed by atoms with E-state index < -0.39 is 0 Å². The van der Waals surface area contributed by atoms with Crippen LogP contribution in [0.3, 0.4) is 0 Å². The van der Waals surface area contributed by atoms with E-state index in [2.05, 4.69) is 209 Å². The maximum absolute atomic E-state index is 5.48. The lowest BCUT2D eigenvalue weighted by Gasteiger charge is -2.26. The number of aliphatic imine (C=N–C) groups is 1. The molecule has 9 aromatic carbocycles. The molecule has 0 bridgehead atoms. The molecule has 3 heterocycles. The first kappa shape index (κ1) is 31.0. The quantitative estimate of drug-likeness (QED) is 0.182. The van der Waals surface area contributed by atoms with Gasteiger partial charge in [0.15, 0.2) is 0 Å². The van der Waals surface area contributed by atoms with Crippen LogP contribution in [0.1, 0.15) is 17.2 Å². The number of nitrogens with one attached hydrogen (secondary N) is 1. The van der Waals surface area contributed by atoms with E-state index in [0.717, 1.165) is 33.9 Å². The third-order valence-electron chi connectivity index (χ3n) is 11.7. The van der Waals surface area contributed by atoms with Gasteiger partial charge in [0.05, 0.1) is 33.8 Å². The zero-order valence-corrected chi connectivity index (χ0v) is 30.4. The molecule has 12 rings (SSSR count). The van der Waals surface area contributed by atoms with Gasteiger partial charge in [0.25, 0.3) is 0 Å². The van der Waals surface area contributed by atoms with Crippen molar-refractivity contribution in [2.45, 2.75) is 6.04 Å². The second-order valence-corrected chi connectivity index (χ2v) is 14.7. The first-order valence-corrected chi connectivity index (χ1v) is 19.3. The molecule has 56 heavy (non-hydrogen) atoms. The summed E-state index contributed by atoms with van der Waals surface area (Å²) in [4.78, 5) is 5.48. The smallest absolute Gasteiger partial charge is 0.209 e. The first-order chi connectivity index (χ1) is 27.8. The minimum Gasteiger partial charge on any atom is -0.345 e. The average Bonchev–Trinajstić information content (AvgIpc) is 3.81. The Morgan fingerprint density at radius 2 is 0.875 bits per heavy atom. The van der Waals surface area contributed by atoms with Crippen molar-refractivity contribution in [3.63, 3.8) is 0 Å². The number of nitrogens with zero attached hydrogens (tertiary/aromatic N) is 3. The van der Waals surface area contributed by atoms with Crippen LogP contribution in [0.2, 0.25) is 0 Å². The zero-order chi connectivity index (χ0) is 36.7. The van der Waals surface area contributed by atoms with Crippen molar-refractivity contribution in [3.8, 4) is 5.69 Å². The van der Waals surface area contributed by atoms with Crippen molar-refractivity contribution in [2.75, 3.05) is 0 Å². The van der Waals surface area contributed by atoms with Crippen molar-refractivity contribution < 1.29 is 0 Å². The monoisotopic (exact) mass is 714 g/mol. The van der Waals surface area contributed by atoms with Gasteiger partial charge < -0.3 is 9.88 Å². The number of aromatic nitrogens is 2. The molecule has 1 unspecified atom stereocenters. The number of hydrogen-bond acceptors (Lipinski definition) is 2. The summed E-state index contributed by atoms with van der Waals surface area (Å²) >= 11 is 0. The Bertz CT molecular complexity index is 3430. The molecule has 4 heteroatoms. The molecule has 0 fully saturated rings. The molecule has 1 atom stereocenters. The van der Waals surface area contributed by atoms with Crippen LogP contribution in [0, 0.1) is 0 Å². The first-order valence-electron chi connectivity index (χ1n) is 19.3. The molecular formula is C52H34N4. The van der Waals surface area contributed by atoms with Gasteiger partial charge in [0, 0.05) is 49.0 Å². The van der Waals surface area contributed by atoms with E-state index in [-0.39, 0.29) is 6.04 Å². The molecule has 0 spiro atoms. The number of benzene rings is 9. The summed E-state index contributed by atoms with van der Waals surface area (Å²) < 4.78 is 4.88. The van der Waals surface area contributed by atoms with Gasteiger partial charge in [-0.1, -0.05) is 164 Å². The van der Waals surface area contributed by atoms with Crippen molar-refractivity contribution in [1.29, 1.82) is 0 Å². The highest BCUT2D eigenvalue weighted by atomic mass is 15.2. The third-order valence-corrected chi connectivity index (χ3v) is 11.7. The molecule has 4 nitrogen and oxygen atoms in total. The standard InChI is InChI=1S/C52H34N4/c1-4-18-33(19-5-1)42-32-43(34-20-6-2-7-21-34)54-52(53-42)56-45-31-17-15-29-41(45)49-47-37-25-11-10-24-36(37)46-40-28-14-16-30-44(40)55(35-22-8-3-9-23-35)51(46)48(47)38-26-12-13-27-39(38)50(49)56/h1-32,42H,(H,53,54). The number of rotatable bonds is 3. The van der Waals surface area contributed by atoms with E-state index in [4.69, 9.17) is 4.99 Å². The van der Waals surface area contributed by atoms with E-state index in [9.17, 15) is 0 Å². The molecule has 0 aliphatic carbocycles. The lowest BCUT2D eigenvalue weighted by atomic mass is 9.90. The fraction of sp³-hybridized carbons (Fsp3) is 0.0192. The van der Waals surface area contributed by atoms with Crippen LogP contribution in [0.15, 0.2) is 199 Å². The summed E-state index contributed by atoms with van der Waals surface area (Å²) in [6, 6.07) is 67.7. The summed E-state index contributed by atoms with van der Waals surface area (Å²) in [6.45, 7) is 0. The van der Waals surface area contributed by atoms with Crippen molar-refractivity contribution in [1.82, 2.24) is 14.5 Å². The molecule has 0 radical (unpaired) electrons. The van der Waals surface area contributed by atoms with Gasteiger partial charge in [0.2, 0.25) is 5.96 Å². The fourth-order valence-corrected chi connectivity index (χ4v) is 9.41. The van der Waals surface area contributed by atoms with Crippen molar-refractivity contribution in [3.05, 3.63) is 205 Å². The lowest BCUT2D eigenvalue weighted by molar-refractivity contribution is 0.761. The van der Waals surface area contributed by atoms with Gasteiger partial charge in [-0.15, -0.1) is 0 Å². The van der Waals surface area contributed by atoms with Gasteiger partial charge in [-0.25, -0.2) is 4.99 Å². The molecule has 0 saturated carbocycles. The SMILES string of the molecule is C1=C(c2ccccc2)N=C(n2c3ccccc3c3c4c5ccccc5c5c6ccccc6n(-c6ccccc6)c5c4c4ccccc4c32)NC1c1ccccc1. The van der Waals surface area contributed by atoms with Gasteiger partial charge in [-0.05, 0) is 52.1 Å². The van der Waals surface area contributed by atoms with E-state index >= 15 is 0 Å². The Labute approximate surface area is 322 Å². The maximum atomic E-state index is 5.48. The minimum absolute atomic E-state index is 0.0797. The normalized spacial score (nSPS) is 14.6. The molecule has 0 amide bonds. The highest BCUT2D eigenvalue weighted by molar-refractivity contribution is 6.45. The van der Waals surface area contributed by atoms with Crippen LogP contribution in [-0.4, -0.2) is 15.1 Å². The molecule has 262 valence electrons. The highest BCUT2D eigenvalue weighted by Crippen LogP contribution is 2.50. The van der Waals surface area contributed by atoms with Crippen molar-refractivity contribution in [2.24, 2.45) is 4.99 Å². The van der Waals surface area contributed by atoms with Gasteiger partial charge in [0.1, 0.15) is 0 Å². The largest absolute Gasteiger partial charge is 0.345 e. The van der Waals surface area contributed by atoms with Gasteiger partial charge in [-0.3, -0.25) is 4.57 Å². The van der Waals surface area contributed by atoms with Crippen LogP contribution in [0.25, 0.3) is 87.3 Å². The number of hydrogen-bond donors (Lipinski definition) is 1. The van der Waals surface area contributed by atoms with Crippen molar-refractivity contribution >= 4 is 87.6 Å². The topological polar surface area (TPSA) is 34.2 Å². The Morgan fingerprint density at radius 1 is 0.393 bits per heavy atom. The summed E-state index contributed by atoms with van der Waals surface area (Å²) in [6.07, 6.45) is 2.25. The van der Waals surface area contributed by atoms with Crippen LogP contribution >= 0.6 is 0 Å². The second-order valence-electron chi connectivity index (χ2n) is 14.7. The summed E-state index contributed by atoms with van der Waals surface area (Å²) in [5.41, 5.74) is 9.06. The maximum Gasteiger partial charge on any atom is 0.209 e. The van der Waals surface area contributed by atoms with Crippen LogP contribution in [0.4, 0.5) is 0 Å². The predicted octanol–water partition coefficient (Wildman–Crippen LogP) is 12.9. The van der Waals surface area contributed by atoms with E-state index in [1.807, 2.05) is 0 Å². The number of para-hydroxylation sites is 3. The Balaban J connectivity index is 1.30. The summed E-state index contributed by atoms with van der Waals surface area (Å²) in [7, 11) is 0. The van der Waals surface area contributed by atoms with E-state index in [0.29, 0.717) is 0 Å². The van der Waals surface area contributed by atoms with Crippen LogP contribution in [-0.2, 0) is 0 Å². The third kappa shape index (κ3) is 4.38. The Kier molecular flexibility index (Phi) is 6.66. The molecule has 11 aromatic rings. The Hall–Kier alpha value is -7.43. The predicted molar refractivity (Wildman–Crippen MR) is 236 cm³/mol. The highest BCUT2D eigenvalue weighted by Gasteiger charge is 2.28. The fourth-order valence-electron chi connectivity index (χ4n) is 9.41. The zero-order valence-electron chi connectivity index (χ0n) is 30.4. The Morgan fingerprint density at radius 3 is 1.55 bits per heavy atom. The number of fused-ring (bicyclic) bond motifs is 15. The molecule has 0 saturated heterocycles. The molecule has 2 aromatic heterocycles. The molecule has 1 aliphatic rings. The molecular weight excluding hydrogens is 681 g/mol. The van der Waals surface area contributed by atoms with Gasteiger partial charge >= 0.3 is 0 Å². The van der Waals surface area contributed by atoms with E-state index in [1.54, 1.807) is 0 Å².